The van der Waals surface area contributed by atoms with Crippen molar-refractivity contribution in [2.45, 2.75) is 11.0 Å². The van der Waals surface area contributed by atoms with E-state index in [9.17, 15) is 4.79 Å². The lowest BCUT2D eigenvalue weighted by atomic mass is 10.2. The molecule has 4 nitrogen and oxygen atoms in total. The van der Waals surface area contributed by atoms with Gasteiger partial charge in [-0.3, -0.25) is 4.79 Å². The average Bonchev–Trinajstić information content (AvgIpc) is 2.40. The van der Waals surface area contributed by atoms with Gasteiger partial charge in [0.15, 0.2) is 0 Å². The number of hydrogen-bond donors (Lipinski definition) is 2. The zero-order chi connectivity index (χ0) is 12.1. The molecule has 1 saturated heterocycles. The summed E-state index contributed by atoms with van der Waals surface area (Å²) in [6.07, 6.45) is 1.62. The summed E-state index contributed by atoms with van der Waals surface area (Å²) >= 11 is 1.65. The second-order valence-electron chi connectivity index (χ2n) is 3.78. The first kappa shape index (κ1) is 12.4. The van der Waals surface area contributed by atoms with Gasteiger partial charge in [0.2, 0.25) is 0 Å². The van der Waals surface area contributed by atoms with Crippen LogP contribution in [0, 0.1) is 0 Å². The predicted molar refractivity (Wildman–Crippen MR) is 69.5 cm³/mol. The van der Waals surface area contributed by atoms with E-state index in [0.29, 0.717) is 13.2 Å². The molecule has 0 bridgehead atoms. The molecule has 2 rings (SSSR count). The molecule has 0 spiro atoms. The van der Waals surface area contributed by atoms with Crippen LogP contribution in [0.4, 0.5) is 5.69 Å². The highest BCUT2D eigenvalue weighted by Crippen LogP contribution is 2.19. The zero-order valence-corrected chi connectivity index (χ0v) is 10.5. The quantitative estimate of drug-likeness (QED) is 0.797. The molecule has 92 valence electrons. The molecule has 0 radical (unpaired) electrons. The van der Waals surface area contributed by atoms with E-state index in [1.807, 2.05) is 30.5 Å². The topological polar surface area (TPSA) is 50.4 Å². The van der Waals surface area contributed by atoms with E-state index in [1.165, 1.54) is 0 Å². The van der Waals surface area contributed by atoms with Crippen molar-refractivity contribution in [2.24, 2.45) is 0 Å². The standard InChI is InChI=1S/C12H16N2O2S/c1-17-10-4-2-3-9(7-10)14-12(15)11-8-13-5-6-16-11/h2-4,7,11,13H,5-6,8H2,1H3,(H,14,15). The normalized spacial score (nSPS) is 19.9. The van der Waals surface area contributed by atoms with Crippen molar-refractivity contribution in [1.29, 1.82) is 0 Å². The molecule has 1 aliphatic rings. The van der Waals surface area contributed by atoms with Crippen LogP contribution in [0.15, 0.2) is 29.2 Å². The van der Waals surface area contributed by atoms with Crippen molar-refractivity contribution < 1.29 is 9.53 Å². The SMILES string of the molecule is CSc1cccc(NC(=O)C2CNCCO2)c1. The van der Waals surface area contributed by atoms with Gasteiger partial charge in [-0.1, -0.05) is 6.07 Å². The fraction of sp³-hybridized carbons (Fsp3) is 0.417. The fourth-order valence-corrected chi connectivity index (χ4v) is 2.12. The van der Waals surface area contributed by atoms with Crippen LogP contribution in [-0.4, -0.2) is 38.0 Å². The van der Waals surface area contributed by atoms with Crippen molar-refractivity contribution in [1.82, 2.24) is 5.32 Å². The van der Waals surface area contributed by atoms with Gasteiger partial charge in [-0.2, -0.15) is 0 Å². The summed E-state index contributed by atoms with van der Waals surface area (Å²) in [5.74, 6) is -0.0875. The van der Waals surface area contributed by atoms with Gasteiger partial charge in [-0.05, 0) is 24.5 Å². The molecule has 17 heavy (non-hydrogen) atoms. The van der Waals surface area contributed by atoms with E-state index in [1.54, 1.807) is 11.8 Å². The van der Waals surface area contributed by atoms with Crippen molar-refractivity contribution >= 4 is 23.4 Å². The molecule has 1 fully saturated rings. The number of nitrogens with one attached hydrogen (secondary N) is 2. The first-order valence-electron chi connectivity index (χ1n) is 5.57. The number of carbonyl (C=O) groups is 1. The molecular weight excluding hydrogens is 236 g/mol. The van der Waals surface area contributed by atoms with Crippen molar-refractivity contribution in [2.75, 3.05) is 31.3 Å². The summed E-state index contributed by atoms with van der Waals surface area (Å²) in [5, 5.41) is 6.00. The van der Waals surface area contributed by atoms with Gasteiger partial charge in [0.05, 0.1) is 6.61 Å². The smallest absolute Gasteiger partial charge is 0.254 e. The van der Waals surface area contributed by atoms with Crippen LogP contribution in [0.5, 0.6) is 0 Å². The number of amides is 1. The lowest BCUT2D eigenvalue weighted by Gasteiger charge is -2.22. The number of anilines is 1. The van der Waals surface area contributed by atoms with E-state index < -0.39 is 0 Å². The molecule has 0 saturated carbocycles. The highest BCUT2D eigenvalue weighted by atomic mass is 32.2. The third-order valence-electron chi connectivity index (χ3n) is 2.56. The van der Waals surface area contributed by atoms with Crippen molar-refractivity contribution in [3.05, 3.63) is 24.3 Å². The van der Waals surface area contributed by atoms with Crippen LogP contribution in [0.3, 0.4) is 0 Å². The number of thioether (sulfide) groups is 1. The van der Waals surface area contributed by atoms with E-state index >= 15 is 0 Å². The molecule has 2 N–H and O–H groups in total. The fourth-order valence-electron chi connectivity index (χ4n) is 1.66. The Hall–Kier alpha value is -1.04. The largest absolute Gasteiger partial charge is 0.366 e. The summed E-state index contributed by atoms with van der Waals surface area (Å²) in [4.78, 5) is 13.0. The van der Waals surface area contributed by atoms with Gasteiger partial charge in [0.1, 0.15) is 6.10 Å². The molecule has 1 aromatic rings. The number of benzene rings is 1. The molecule has 0 aromatic heterocycles. The van der Waals surface area contributed by atoms with Crippen LogP contribution >= 0.6 is 11.8 Å². The monoisotopic (exact) mass is 252 g/mol. The number of ether oxygens (including phenoxy) is 1. The zero-order valence-electron chi connectivity index (χ0n) is 9.73. The van der Waals surface area contributed by atoms with Crippen LogP contribution in [0.1, 0.15) is 0 Å². The third kappa shape index (κ3) is 3.46. The van der Waals surface area contributed by atoms with E-state index in [0.717, 1.165) is 17.1 Å². The Morgan fingerprint density at radius 1 is 1.59 bits per heavy atom. The molecule has 1 atom stereocenters. The number of morpholine rings is 1. The first-order valence-corrected chi connectivity index (χ1v) is 6.79. The Morgan fingerprint density at radius 3 is 3.18 bits per heavy atom. The van der Waals surface area contributed by atoms with Gasteiger partial charge in [0, 0.05) is 23.7 Å². The predicted octanol–water partition coefficient (Wildman–Crippen LogP) is 1.34. The minimum atomic E-state index is -0.387. The van der Waals surface area contributed by atoms with E-state index in [-0.39, 0.29) is 12.0 Å². The maximum absolute atomic E-state index is 11.9. The highest BCUT2D eigenvalue weighted by Gasteiger charge is 2.21. The first-order chi connectivity index (χ1) is 8.29. The van der Waals surface area contributed by atoms with Crippen LogP contribution in [-0.2, 0) is 9.53 Å². The number of hydrogen-bond acceptors (Lipinski definition) is 4. The lowest BCUT2D eigenvalue weighted by molar-refractivity contribution is -0.128. The highest BCUT2D eigenvalue weighted by molar-refractivity contribution is 7.98. The summed E-state index contributed by atoms with van der Waals surface area (Å²) in [6.45, 7) is 1.97. The van der Waals surface area contributed by atoms with Gasteiger partial charge in [0.25, 0.3) is 5.91 Å². The number of rotatable bonds is 3. The van der Waals surface area contributed by atoms with Crippen molar-refractivity contribution in [3.63, 3.8) is 0 Å². The molecule has 1 unspecified atom stereocenters. The summed E-state index contributed by atoms with van der Waals surface area (Å²) in [5.41, 5.74) is 0.816. The van der Waals surface area contributed by atoms with Crippen LogP contribution < -0.4 is 10.6 Å². The molecule has 1 aliphatic heterocycles. The van der Waals surface area contributed by atoms with Gasteiger partial charge < -0.3 is 15.4 Å². The second-order valence-corrected chi connectivity index (χ2v) is 4.66. The Kier molecular flexibility index (Phi) is 4.42. The summed E-state index contributed by atoms with van der Waals surface area (Å²) in [7, 11) is 0. The molecule has 1 amide bonds. The molecule has 1 heterocycles. The Labute approximate surface area is 105 Å². The van der Waals surface area contributed by atoms with Gasteiger partial charge in [-0.25, -0.2) is 0 Å². The van der Waals surface area contributed by atoms with Gasteiger partial charge in [-0.15, -0.1) is 11.8 Å². The molecule has 0 aliphatic carbocycles. The lowest BCUT2D eigenvalue weighted by Crippen LogP contribution is -2.45. The second kappa shape index (κ2) is 6.05. The molecule has 5 heteroatoms. The average molecular weight is 252 g/mol. The maximum atomic E-state index is 11.9. The Morgan fingerprint density at radius 2 is 2.47 bits per heavy atom. The maximum Gasteiger partial charge on any atom is 0.254 e. The Balaban J connectivity index is 1.96. The third-order valence-corrected chi connectivity index (χ3v) is 3.28. The van der Waals surface area contributed by atoms with Crippen LogP contribution in [0.2, 0.25) is 0 Å². The molecular formula is C12H16N2O2S. The van der Waals surface area contributed by atoms with E-state index in [4.69, 9.17) is 4.74 Å². The minimum Gasteiger partial charge on any atom is -0.366 e. The number of carbonyl (C=O) groups excluding carboxylic acids is 1. The van der Waals surface area contributed by atoms with E-state index in [2.05, 4.69) is 10.6 Å². The van der Waals surface area contributed by atoms with Crippen LogP contribution in [0.25, 0.3) is 0 Å². The minimum absolute atomic E-state index is 0.0875. The summed E-state index contributed by atoms with van der Waals surface area (Å²) < 4.78 is 5.39. The summed E-state index contributed by atoms with van der Waals surface area (Å²) in [6, 6.07) is 7.78. The molecule has 1 aromatic carbocycles. The van der Waals surface area contributed by atoms with Gasteiger partial charge >= 0.3 is 0 Å². The van der Waals surface area contributed by atoms with Crippen molar-refractivity contribution in [3.8, 4) is 0 Å². The Bertz CT molecular complexity index is 392.